The second-order valence-corrected chi connectivity index (χ2v) is 7.92. The Balaban J connectivity index is 1.58. The van der Waals surface area contributed by atoms with Gasteiger partial charge in [-0.25, -0.2) is 0 Å². The molecule has 0 saturated heterocycles. The minimum Gasteiger partial charge on any atom is -0.454 e. The predicted octanol–water partition coefficient (Wildman–Crippen LogP) is 4.07. The molecule has 0 N–H and O–H groups in total. The molecule has 1 aliphatic carbocycles. The van der Waals surface area contributed by atoms with Gasteiger partial charge in [-0.15, -0.1) is 0 Å². The summed E-state index contributed by atoms with van der Waals surface area (Å²) in [5.41, 5.74) is 4.36. The number of benzene rings is 2. The lowest BCUT2D eigenvalue weighted by Gasteiger charge is -2.15. The van der Waals surface area contributed by atoms with E-state index >= 15 is 0 Å². The standard InChI is InChI=1S/C21H20N2O3S/c1-2-23-16-10-17-18(26-12-25-17)11-19(16)27-21(23)22-20(24)15-8-7-13-5-3-4-6-14(13)9-15/h7-11H,2-6,12H2,1H3. The van der Waals surface area contributed by atoms with Crippen molar-refractivity contribution < 1.29 is 14.3 Å². The van der Waals surface area contributed by atoms with Crippen LogP contribution in [0, 0.1) is 0 Å². The van der Waals surface area contributed by atoms with Crippen molar-refractivity contribution in [3.8, 4) is 11.5 Å². The highest BCUT2D eigenvalue weighted by atomic mass is 32.1. The van der Waals surface area contributed by atoms with Crippen LogP contribution in [-0.4, -0.2) is 17.3 Å². The summed E-state index contributed by atoms with van der Waals surface area (Å²) in [5.74, 6) is 1.31. The number of thiazole rings is 1. The second kappa shape index (κ2) is 6.53. The minimum atomic E-state index is -0.183. The smallest absolute Gasteiger partial charge is 0.279 e. The van der Waals surface area contributed by atoms with Crippen molar-refractivity contribution in [2.45, 2.75) is 39.2 Å². The van der Waals surface area contributed by atoms with Gasteiger partial charge in [-0.2, -0.15) is 4.99 Å². The fourth-order valence-corrected chi connectivity index (χ4v) is 4.97. The van der Waals surface area contributed by atoms with Crippen LogP contribution < -0.4 is 14.3 Å². The largest absolute Gasteiger partial charge is 0.454 e. The summed E-state index contributed by atoms with van der Waals surface area (Å²) >= 11 is 1.51. The Morgan fingerprint density at radius 2 is 1.89 bits per heavy atom. The van der Waals surface area contributed by atoms with Crippen LogP contribution in [0.1, 0.15) is 41.3 Å². The lowest BCUT2D eigenvalue weighted by Crippen LogP contribution is -2.16. The Morgan fingerprint density at radius 3 is 2.70 bits per heavy atom. The van der Waals surface area contributed by atoms with Gasteiger partial charge >= 0.3 is 0 Å². The Kier molecular flexibility index (Phi) is 4.01. The highest BCUT2D eigenvalue weighted by Gasteiger charge is 2.18. The molecule has 0 radical (unpaired) electrons. The highest BCUT2D eigenvalue weighted by Crippen LogP contribution is 2.37. The Hall–Kier alpha value is -2.60. The number of amides is 1. The fraction of sp³-hybridized carbons (Fsp3) is 0.333. The zero-order valence-electron chi connectivity index (χ0n) is 15.2. The van der Waals surface area contributed by atoms with Crippen LogP contribution in [-0.2, 0) is 19.4 Å². The molecule has 5 rings (SSSR count). The summed E-state index contributed by atoms with van der Waals surface area (Å²) in [4.78, 5) is 18.0. The summed E-state index contributed by atoms with van der Waals surface area (Å²) in [6.07, 6.45) is 4.60. The first-order valence-electron chi connectivity index (χ1n) is 9.37. The number of carbonyl (C=O) groups excluding carboxylic acids is 1. The van der Waals surface area contributed by atoms with E-state index in [2.05, 4.69) is 22.5 Å². The molecule has 5 nitrogen and oxygen atoms in total. The molecule has 138 valence electrons. The van der Waals surface area contributed by atoms with Gasteiger partial charge in [0.1, 0.15) is 0 Å². The third-order valence-electron chi connectivity index (χ3n) is 5.29. The van der Waals surface area contributed by atoms with Crippen LogP contribution in [0.2, 0.25) is 0 Å². The van der Waals surface area contributed by atoms with Gasteiger partial charge in [0.2, 0.25) is 6.79 Å². The maximum absolute atomic E-state index is 12.8. The highest BCUT2D eigenvalue weighted by molar-refractivity contribution is 7.16. The number of aromatic nitrogens is 1. The zero-order chi connectivity index (χ0) is 18.4. The molecule has 2 aliphatic rings. The van der Waals surface area contributed by atoms with Crippen LogP contribution in [0.5, 0.6) is 11.5 Å². The molecule has 6 heteroatoms. The molecule has 1 amide bonds. The van der Waals surface area contributed by atoms with Gasteiger partial charge in [-0.3, -0.25) is 4.79 Å². The molecule has 0 unspecified atom stereocenters. The summed E-state index contributed by atoms with van der Waals surface area (Å²) in [7, 11) is 0. The van der Waals surface area contributed by atoms with Gasteiger partial charge in [0.05, 0.1) is 10.2 Å². The van der Waals surface area contributed by atoms with Crippen molar-refractivity contribution in [2.75, 3.05) is 6.79 Å². The first-order chi connectivity index (χ1) is 13.2. The maximum atomic E-state index is 12.8. The molecule has 0 fully saturated rings. The molecule has 0 saturated carbocycles. The molecule has 27 heavy (non-hydrogen) atoms. The molecular weight excluding hydrogens is 360 g/mol. The monoisotopic (exact) mass is 380 g/mol. The number of carbonyl (C=O) groups is 1. The molecule has 1 aliphatic heterocycles. The van der Waals surface area contributed by atoms with Crippen LogP contribution in [0.25, 0.3) is 10.2 Å². The fourth-order valence-electron chi connectivity index (χ4n) is 3.87. The summed E-state index contributed by atoms with van der Waals surface area (Å²) in [5, 5.41) is 0. The van der Waals surface area contributed by atoms with Gasteiger partial charge in [-0.1, -0.05) is 17.4 Å². The second-order valence-electron chi connectivity index (χ2n) is 6.91. The number of hydrogen-bond donors (Lipinski definition) is 0. The molecule has 0 spiro atoms. The average Bonchev–Trinajstić information content (AvgIpc) is 3.28. The third-order valence-corrected chi connectivity index (χ3v) is 6.33. The normalized spacial score (nSPS) is 16.0. The molecule has 2 aromatic carbocycles. The van der Waals surface area contributed by atoms with Crippen molar-refractivity contribution in [3.05, 3.63) is 51.8 Å². The van der Waals surface area contributed by atoms with Gasteiger partial charge in [-0.05, 0) is 55.9 Å². The van der Waals surface area contributed by atoms with E-state index in [1.807, 2.05) is 24.3 Å². The summed E-state index contributed by atoms with van der Waals surface area (Å²) in [6.45, 7) is 3.04. The van der Waals surface area contributed by atoms with Crippen LogP contribution in [0.3, 0.4) is 0 Å². The number of nitrogens with zero attached hydrogens (tertiary/aromatic N) is 2. The van der Waals surface area contributed by atoms with Crippen LogP contribution in [0.15, 0.2) is 35.3 Å². The average molecular weight is 380 g/mol. The SMILES string of the molecule is CCn1c(=NC(=O)c2ccc3c(c2)CCCC3)sc2cc3c(cc21)OCO3. The third kappa shape index (κ3) is 2.84. The van der Waals surface area contributed by atoms with Crippen molar-refractivity contribution in [2.24, 2.45) is 4.99 Å². The lowest BCUT2D eigenvalue weighted by atomic mass is 9.90. The van der Waals surface area contributed by atoms with Crippen molar-refractivity contribution in [1.29, 1.82) is 0 Å². The molecular formula is C21H20N2O3S. The van der Waals surface area contributed by atoms with Crippen molar-refractivity contribution in [1.82, 2.24) is 4.57 Å². The first kappa shape index (κ1) is 16.6. The quantitative estimate of drug-likeness (QED) is 0.673. The zero-order valence-corrected chi connectivity index (χ0v) is 16.0. The topological polar surface area (TPSA) is 52.8 Å². The number of ether oxygens (including phenoxy) is 2. The van der Waals surface area contributed by atoms with E-state index in [0.29, 0.717) is 10.4 Å². The Bertz CT molecular complexity index is 1130. The van der Waals surface area contributed by atoms with Gasteiger partial charge < -0.3 is 14.0 Å². The minimum absolute atomic E-state index is 0.183. The van der Waals surface area contributed by atoms with E-state index in [9.17, 15) is 4.79 Å². The Labute approximate surface area is 160 Å². The van der Waals surface area contributed by atoms with E-state index in [4.69, 9.17) is 9.47 Å². The summed E-state index contributed by atoms with van der Waals surface area (Å²) in [6, 6.07) is 9.97. The van der Waals surface area contributed by atoms with Crippen molar-refractivity contribution >= 4 is 27.5 Å². The number of hydrogen-bond acceptors (Lipinski definition) is 4. The van der Waals surface area contributed by atoms with E-state index in [0.717, 1.165) is 41.1 Å². The van der Waals surface area contributed by atoms with Gasteiger partial charge in [0, 0.05) is 24.2 Å². The van der Waals surface area contributed by atoms with Crippen LogP contribution in [0.4, 0.5) is 0 Å². The Morgan fingerprint density at radius 1 is 1.11 bits per heavy atom. The number of fused-ring (bicyclic) bond motifs is 3. The molecule has 0 atom stereocenters. The molecule has 0 bridgehead atoms. The number of rotatable bonds is 2. The van der Waals surface area contributed by atoms with E-state index < -0.39 is 0 Å². The first-order valence-corrected chi connectivity index (χ1v) is 10.2. The van der Waals surface area contributed by atoms with E-state index in [-0.39, 0.29) is 12.7 Å². The molecule has 2 heterocycles. The number of aryl methyl sites for hydroxylation is 3. The van der Waals surface area contributed by atoms with Gasteiger partial charge in [0.15, 0.2) is 16.3 Å². The lowest BCUT2D eigenvalue weighted by molar-refractivity contribution is 0.0997. The molecule has 3 aromatic rings. The van der Waals surface area contributed by atoms with Crippen molar-refractivity contribution in [3.63, 3.8) is 0 Å². The van der Waals surface area contributed by atoms with E-state index in [1.54, 1.807) is 0 Å². The summed E-state index contributed by atoms with van der Waals surface area (Å²) < 4.78 is 14.1. The maximum Gasteiger partial charge on any atom is 0.279 e. The predicted molar refractivity (Wildman–Crippen MR) is 105 cm³/mol. The van der Waals surface area contributed by atoms with E-state index in [1.165, 1.54) is 35.3 Å². The van der Waals surface area contributed by atoms with Crippen LogP contribution >= 0.6 is 11.3 Å². The van der Waals surface area contributed by atoms with Gasteiger partial charge in [0.25, 0.3) is 5.91 Å². The molecule has 1 aromatic heterocycles.